The van der Waals surface area contributed by atoms with E-state index < -0.39 is 5.82 Å². The second-order valence-electron chi connectivity index (χ2n) is 5.52. The number of benzene rings is 2. The van der Waals surface area contributed by atoms with Crippen LogP contribution in [-0.4, -0.2) is 16.1 Å². The molecule has 0 unspecified atom stereocenters. The number of carbonyl (C=O) groups excluding carboxylic acids is 1. The van der Waals surface area contributed by atoms with Gasteiger partial charge in [0.25, 0.3) is 5.91 Å². The highest BCUT2D eigenvalue weighted by atomic mass is 19.1. The fraction of sp³-hybridized carbons (Fsp3) is 0.111. The number of anilines is 1. The molecule has 0 radical (unpaired) electrons. The average molecular weight is 307 g/mol. The van der Waals surface area contributed by atoms with Crippen molar-refractivity contribution < 1.29 is 9.18 Å². The Balaban J connectivity index is 1.69. The highest BCUT2D eigenvalue weighted by Gasteiger charge is 2.25. The minimum atomic E-state index is -0.459. The Morgan fingerprint density at radius 2 is 1.87 bits per heavy atom. The van der Waals surface area contributed by atoms with Gasteiger partial charge in [-0.3, -0.25) is 9.89 Å². The van der Waals surface area contributed by atoms with Crippen LogP contribution in [0.25, 0.3) is 11.3 Å². The second kappa shape index (κ2) is 5.35. The summed E-state index contributed by atoms with van der Waals surface area (Å²) < 4.78 is 13.7. The molecular weight excluding hydrogens is 293 g/mol. The molecular formula is C18H14FN3O. The van der Waals surface area contributed by atoms with Crippen LogP contribution in [0.15, 0.2) is 48.5 Å². The number of hydrogen-bond donors (Lipinski definition) is 2. The van der Waals surface area contributed by atoms with Crippen LogP contribution in [0.2, 0.25) is 0 Å². The van der Waals surface area contributed by atoms with E-state index in [4.69, 9.17) is 0 Å². The Hall–Kier alpha value is -2.95. The molecule has 1 aliphatic rings. The normalized spacial score (nSPS) is 12.4. The van der Waals surface area contributed by atoms with Crippen LogP contribution < -0.4 is 5.32 Å². The number of carbonyl (C=O) groups is 1. The number of para-hydroxylation sites is 1. The van der Waals surface area contributed by atoms with Crippen LogP contribution in [-0.2, 0) is 12.8 Å². The van der Waals surface area contributed by atoms with Crippen molar-refractivity contribution in [3.8, 4) is 11.3 Å². The Bertz CT molecular complexity index is 901. The lowest BCUT2D eigenvalue weighted by molar-refractivity contribution is 0.102. The van der Waals surface area contributed by atoms with E-state index in [1.54, 1.807) is 12.1 Å². The lowest BCUT2D eigenvalue weighted by atomic mass is 9.89. The Morgan fingerprint density at radius 3 is 2.74 bits per heavy atom. The maximum Gasteiger partial charge on any atom is 0.274 e. The van der Waals surface area contributed by atoms with Gasteiger partial charge in [0.05, 0.1) is 11.4 Å². The van der Waals surface area contributed by atoms with Gasteiger partial charge >= 0.3 is 0 Å². The predicted octanol–water partition coefficient (Wildman–Crippen LogP) is 3.57. The summed E-state index contributed by atoms with van der Waals surface area (Å²) in [5, 5.41) is 9.72. The Morgan fingerprint density at radius 1 is 1.09 bits per heavy atom. The van der Waals surface area contributed by atoms with E-state index in [1.807, 2.05) is 18.2 Å². The molecule has 4 rings (SSSR count). The standard InChI is InChI=1S/C18H14FN3O/c19-14-7-3-4-8-15(14)20-18(23)17-13-10-9-11-5-1-2-6-12(11)16(13)21-22-17/h1-8H,9-10H2,(H,20,23)(H,21,22). The smallest absolute Gasteiger partial charge is 0.274 e. The van der Waals surface area contributed by atoms with E-state index in [0.29, 0.717) is 5.69 Å². The molecule has 1 amide bonds. The molecule has 1 heterocycles. The number of aromatic nitrogens is 2. The highest BCUT2D eigenvalue weighted by molar-refractivity contribution is 6.05. The first-order chi connectivity index (χ1) is 11.2. The Labute approximate surface area is 132 Å². The molecule has 0 bridgehead atoms. The second-order valence-corrected chi connectivity index (χ2v) is 5.52. The minimum Gasteiger partial charge on any atom is -0.318 e. The molecule has 0 saturated heterocycles. The summed E-state index contributed by atoms with van der Waals surface area (Å²) in [6.07, 6.45) is 1.60. The van der Waals surface area contributed by atoms with Crippen LogP contribution in [0.4, 0.5) is 10.1 Å². The van der Waals surface area contributed by atoms with Crippen molar-refractivity contribution in [2.24, 2.45) is 0 Å². The van der Waals surface area contributed by atoms with Crippen molar-refractivity contribution >= 4 is 11.6 Å². The molecule has 3 aromatic rings. The zero-order valence-electron chi connectivity index (χ0n) is 12.3. The summed E-state index contributed by atoms with van der Waals surface area (Å²) in [5.41, 5.74) is 4.54. The van der Waals surface area contributed by atoms with Gasteiger partial charge in [0.2, 0.25) is 0 Å². The van der Waals surface area contributed by atoms with Crippen molar-refractivity contribution in [1.29, 1.82) is 0 Å². The summed E-state index contributed by atoms with van der Waals surface area (Å²) >= 11 is 0. The number of nitrogens with one attached hydrogen (secondary N) is 2. The van der Waals surface area contributed by atoms with Gasteiger partial charge in [0.15, 0.2) is 0 Å². The van der Waals surface area contributed by atoms with Gasteiger partial charge in [-0.15, -0.1) is 0 Å². The number of hydrogen-bond acceptors (Lipinski definition) is 2. The van der Waals surface area contributed by atoms with Gasteiger partial charge < -0.3 is 5.32 Å². The molecule has 0 aliphatic heterocycles. The topological polar surface area (TPSA) is 57.8 Å². The molecule has 114 valence electrons. The lowest BCUT2D eigenvalue weighted by Gasteiger charge is -2.15. The molecule has 23 heavy (non-hydrogen) atoms. The van der Waals surface area contributed by atoms with Gasteiger partial charge in [0.1, 0.15) is 11.5 Å². The number of amides is 1. The summed E-state index contributed by atoms with van der Waals surface area (Å²) in [7, 11) is 0. The highest BCUT2D eigenvalue weighted by Crippen LogP contribution is 2.33. The van der Waals surface area contributed by atoms with Gasteiger partial charge in [-0.05, 0) is 30.5 Å². The van der Waals surface area contributed by atoms with E-state index in [9.17, 15) is 9.18 Å². The lowest BCUT2D eigenvalue weighted by Crippen LogP contribution is -2.16. The first kappa shape index (κ1) is 13.7. The number of halogens is 1. The molecule has 0 spiro atoms. The molecule has 2 aromatic carbocycles. The molecule has 1 aromatic heterocycles. The molecule has 0 atom stereocenters. The molecule has 5 heteroatoms. The molecule has 0 fully saturated rings. The van der Waals surface area contributed by atoms with Crippen LogP contribution in [0.3, 0.4) is 0 Å². The zero-order chi connectivity index (χ0) is 15.8. The van der Waals surface area contributed by atoms with Crippen molar-refractivity contribution in [1.82, 2.24) is 10.2 Å². The number of rotatable bonds is 2. The maximum absolute atomic E-state index is 13.7. The maximum atomic E-state index is 13.7. The molecule has 0 saturated carbocycles. The first-order valence-electron chi connectivity index (χ1n) is 7.45. The van der Waals surface area contributed by atoms with Crippen LogP contribution in [0.1, 0.15) is 21.6 Å². The SMILES string of the molecule is O=C(Nc1ccccc1F)c1[nH]nc2c1CCc1ccccc1-2. The van der Waals surface area contributed by atoms with E-state index in [1.165, 1.54) is 17.7 Å². The van der Waals surface area contributed by atoms with Crippen molar-refractivity contribution in [2.45, 2.75) is 12.8 Å². The van der Waals surface area contributed by atoms with Gasteiger partial charge in [-0.1, -0.05) is 36.4 Å². The van der Waals surface area contributed by atoms with E-state index in [-0.39, 0.29) is 11.6 Å². The van der Waals surface area contributed by atoms with Gasteiger partial charge in [-0.25, -0.2) is 4.39 Å². The number of fused-ring (bicyclic) bond motifs is 3. The van der Waals surface area contributed by atoms with Crippen molar-refractivity contribution in [3.05, 3.63) is 71.2 Å². The number of aryl methyl sites for hydroxylation is 1. The van der Waals surface area contributed by atoms with Gasteiger partial charge in [-0.2, -0.15) is 5.10 Å². The van der Waals surface area contributed by atoms with E-state index in [0.717, 1.165) is 29.7 Å². The average Bonchev–Trinajstić information content (AvgIpc) is 3.01. The summed E-state index contributed by atoms with van der Waals surface area (Å²) in [5.74, 6) is -0.831. The molecule has 2 N–H and O–H groups in total. The Kier molecular flexibility index (Phi) is 3.19. The third-order valence-corrected chi connectivity index (χ3v) is 4.13. The molecule has 4 nitrogen and oxygen atoms in total. The largest absolute Gasteiger partial charge is 0.318 e. The number of aromatic amines is 1. The van der Waals surface area contributed by atoms with Crippen LogP contribution in [0.5, 0.6) is 0 Å². The summed E-state index contributed by atoms with van der Waals surface area (Å²) in [6.45, 7) is 0. The van der Waals surface area contributed by atoms with Crippen LogP contribution >= 0.6 is 0 Å². The summed E-state index contributed by atoms with van der Waals surface area (Å²) in [6, 6.07) is 14.2. The van der Waals surface area contributed by atoms with Crippen molar-refractivity contribution in [2.75, 3.05) is 5.32 Å². The number of H-pyrrole nitrogens is 1. The minimum absolute atomic E-state index is 0.164. The number of nitrogens with zero attached hydrogens (tertiary/aromatic N) is 1. The summed E-state index contributed by atoms with van der Waals surface area (Å²) in [4.78, 5) is 12.5. The fourth-order valence-electron chi connectivity index (χ4n) is 3.00. The third kappa shape index (κ3) is 2.30. The van der Waals surface area contributed by atoms with Gasteiger partial charge in [0, 0.05) is 11.1 Å². The third-order valence-electron chi connectivity index (χ3n) is 4.13. The monoisotopic (exact) mass is 307 g/mol. The van der Waals surface area contributed by atoms with Crippen LogP contribution in [0, 0.1) is 5.82 Å². The first-order valence-corrected chi connectivity index (χ1v) is 7.45. The zero-order valence-corrected chi connectivity index (χ0v) is 12.3. The quantitative estimate of drug-likeness (QED) is 0.760. The van der Waals surface area contributed by atoms with Crippen molar-refractivity contribution in [3.63, 3.8) is 0 Å². The van der Waals surface area contributed by atoms with E-state index in [2.05, 4.69) is 21.6 Å². The predicted molar refractivity (Wildman–Crippen MR) is 85.8 cm³/mol. The fourth-order valence-corrected chi connectivity index (χ4v) is 3.00. The molecule has 1 aliphatic carbocycles. The van der Waals surface area contributed by atoms with E-state index >= 15 is 0 Å².